The van der Waals surface area contributed by atoms with Crippen LogP contribution in [-0.2, 0) is 5.75 Å². The lowest BCUT2D eigenvalue weighted by Gasteiger charge is -2.09. The summed E-state index contributed by atoms with van der Waals surface area (Å²) in [4.78, 5) is 6.35. The van der Waals surface area contributed by atoms with Crippen LogP contribution in [0.3, 0.4) is 0 Å². The van der Waals surface area contributed by atoms with Crippen molar-refractivity contribution in [2.75, 3.05) is 32.1 Å². The van der Waals surface area contributed by atoms with Crippen molar-refractivity contribution < 1.29 is 0 Å². The van der Waals surface area contributed by atoms with Crippen molar-refractivity contribution in [3.63, 3.8) is 0 Å². The van der Waals surface area contributed by atoms with E-state index in [4.69, 9.17) is 17.3 Å². The van der Waals surface area contributed by atoms with E-state index >= 15 is 0 Å². The third-order valence-corrected chi connectivity index (χ3v) is 3.15. The molecule has 0 fully saturated rings. The van der Waals surface area contributed by atoms with Gasteiger partial charge < -0.3 is 10.6 Å². The molecule has 0 atom stereocenters. The minimum Gasteiger partial charge on any atom is -0.384 e. The lowest BCUT2D eigenvalue weighted by atomic mass is 10.4. The molecule has 0 amide bonds. The van der Waals surface area contributed by atoms with Crippen molar-refractivity contribution >= 4 is 29.2 Å². The maximum absolute atomic E-state index is 6.00. The lowest BCUT2D eigenvalue weighted by Crippen LogP contribution is -2.14. The van der Waals surface area contributed by atoms with Crippen LogP contribution < -0.4 is 5.73 Å². The molecule has 1 heterocycles. The first kappa shape index (κ1) is 12.6. The van der Waals surface area contributed by atoms with Crippen molar-refractivity contribution in [3.8, 4) is 0 Å². The topological polar surface area (TPSA) is 42.2 Å². The minimum absolute atomic E-state index is 0.530. The highest BCUT2D eigenvalue weighted by atomic mass is 35.5. The highest BCUT2D eigenvalue weighted by Crippen LogP contribution is 2.20. The minimum atomic E-state index is 0.530. The van der Waals surface area contributed by atoms with Gasteiger partial charge in [0.1, 0.15) is 5.82 Å². The third-order valence-electron chi connectivity index (χ3n) is 1.86. The van der Waals surface area contributed by atoms with E-state index in [0.29, 0.717) is 10.8 Å². The van der Waals surface area contributed by atoms with Gasteiger partial charge >= 0.3 is 0 Å². The van der Waals surface area contributed by atoms with E-state index in [1.165, 1.54) is 0 Å². The number of hydrogen-bond acceptors (Lipinski definition) is 4. The Bertz CT molecular complexity index is 318. The molecule has 0 aliphatic heterocycles. The van der Waals surface area contributed by atoms with Gasteiger partial charge in [-0.3, -0.25) is 0 Å². The third kappa shape index (κ3) is 4.73. The second kappa shape index (κ2) is 6.20. The molecule has 1 aromatic heterocycles. The van der Waals surface area contributed by atoms with Crippen molar-refractivity contribution in [3.05, 3.63) is 22.8 Å². The van der Waals surface area contributed by atoms with Crippen LogP contribution in [0.15, 0.2) is 12.1 Å². The molecule has 0 spiro atoms. The Balaban J connectivity index is 2.40. The molecule has 0 radical (unpaired) electrons. The first-order valence-electron chi connectivity index (χ1n) is 4.73. The number of thioether (sulfide) groups is 1. The quantitative estimate of drug-likeness (QED) is 0.807. The SMILES string of the molecule is CN(C)CCSCc1nc(N)ccc1Cl. The Morgan fingerprint density at radius 1 is 1.47 bits per heavy atom. The fourth-order valence-corrected chi connectivity index (χ4v) is 2.32. The molecule has 1 aromatic rings. The van der Waals surface area contributed by atoms with Crippen LogP contribution in [0.5, 0.6) is 0 Å². The number of hydrogen-bond donors (Lipinski definition) is 1. The highest BCUT2D eigenvalue weighted by Gasteiger charge is 2.02. The standard InChI is InChI=1S/C10H16ClN3S/c1-14(2)5-6-15-7-9-8(11)3-4-10(12)13-9/h3-4H,5-7H2,1-2H3,(H2,12,13). The maximum Gasteiger partial charge on any atom is 0.123 e. The Morgan fingerprint density at radius 2 is 2.20 bits per heavy atom. The summed E-state index contributed by atoms with van der Waals surface area (Å²) in [5, 5.41) is 0.696. The molecule has 5 heteroatoms. The van der Waals surface area contributed by atoms with E-state index in [0.717, 1.165) is 23.7 Å². The fourth-order valence-electron chi connectivity index (χ4n) is 1.02. The molecule has 0 aliphatic rings. The van der Waals surface area contributed by atoms with E-state index in [1.54, 1.807) is 12.1 Å². The Morgan fingerprint density at radius 3 is 2.87 bits per heavy atom. The summed E-state index contributed by atoms with van der Waals surface area (Å²) in [5.41, 5.74) is 6.47. The predicted octanol–water partition coefficient (Wildman–Crippen LogP) is 2.11. The lowest BCUT2D eigenvalue weighted by molar-refractivity contribution is 0.437. The molecule has 0 saturated heterocycles. The van der Waals surface area contributed by atoms with E-state index in [2.05, 4.69) is 24.0 Å². The zero-order chi connectivity index (χ0) is 11.3. The van der Waals surface area contributed by atoms with E-state index in [9.17, 15) is 0 Å². The summed E-state index contributed by atoms with van der Waals surface area (Å²) in [6, 6.07) is 3.52. The van der Waals surface area contributed by atoms with Gasteiger partial charge in [-0.05, 0) is 26.2 Å². The highest BCUT2D eigenvalue weighted by molar-refractivity contribution is 7.98. The van der Waals surface area contributed by atoms with Gasteiger partial charge in [0.15, 0.2) is 0 Å². The number of pyridine rings is 1. The van der Waals surface area contributed by atoms with E-state index in [-0.39, 0.29) is 0 Å². The van der Waals surface area contributed by atoms with Gasteiger partial charge in [0.25, 0.3) is 0 Å². The van der Waals surface area contributed by atoms with E-state index < -0.39 is 0 Å². The summed E-state index contributed by atoms with van der Waals surface area (Å²) in [6.07, 6.45) is 0. The zero-order valence-electron chi connectivity index (χ0n) is 9.03. The molecular formula is C10H16ClN3S. The van der Waals surface area contributed by atoms with Crippen LogP contribution in [0.4, 0.5) is 5.82 Å². The van der Waals surface area contributed by atoms with Crippen LogP contribution >= 0.6 is 23.4 Å². The van der Waals surface area contributed by atoms with Gasteiger partial charge in [0, 0.05) is 18.1 Å². The molecule has 0 aromatic carbocycles. The molecule has 15 heavy (non-hydrogen) atoms. The maximum atomic E-state index is 6.00. The number of nitrogen functional groups attached to an aromatic ring is 1. The Hall–Kier alpha value is -0.450. The first-order chi connectivity index (χ1) is 7.09. The number of aromatic nitrogens is 1. The largest absolute Gasteiger partial charge is 0.384 e. The number of rotatable bonds is 5. The summed E-state index contributed by atoms with van der Waals surface area (Å²) < 4.78 is 0. The van der Waals surface area contributed by atoms with Gasteiger partial charge in [0.2, 0.25) is 0 Å². The molecule has 1 rings (SSSR count). The molecule has 0 bridgehead atoms. The molecule has 0 saturated carbocycles. The van der Waals surface area contributed by atoms with Crippen molar-refractivity contribution in [2.24, 2.45) is 0 Å². The zero-order valence-corrected chi connectivity index (χ0v) is 10.6. The number of nitrogens with zero attached hydrogens (tertiary/aromatic N) is 2. The van der Waals surface area contributed by atoms with Gasteiger partial charge in [-0.1, -0.05) is 11.6 Å². The summed E-state index contributed by atoms with van der Waals surface area (Å²) in [6.45, 7) is 1.06. The summed E-state index contributed by atoms with van der Waals surface area (Å²) in [5.74, 6) is 2.42. The second-order valence-corrected chi connectivity index (χ2v) is 5.03. The molecule has 3 nitrogen and oxygen atoms in total. The second-order valence-electron chi connectivity index (χ2n) is 3.52. The van der Waals surface area contributed by atoms with Crippen LogP contribution in [0.1, 0.15) is 5.69 Å². The predicted molar refractivity (Wildman–Crippen MR) is 68.4 cm³/mol. The summed E-state index contributed by atoms with van der Waals surface area (Å²) >= 11 is 7.81. The number of halogens is 1. The van der Waals surface area contributed by atoms with Gasteiger partial charge in [-0.15, -0.1) is 0 Å². The van der Waals surface area contributed by atoms with Crippen molar-refractivity contribution in [1.82, 2.24) is 9.88 Å². The van der Waals surface area contributed by atoms with Crippen LogP contribution in [0.25, 0.3) is 0 Å². The van der Waals surface area contributed by atoms with Crippen LogP contribution in [-0.4, -0.2) is 36.3 Å². The molecular weight excluding hydrogens is 230 g/mol. The number of nitrogens with two attached hydrogens (primary N) is 1. The first-order valence-corrected chi connectivity index (χ1v) is 6.26. The number of anilines is 1. The molecule has 2 N–H and O–H groups in total. The normalized spacial score (nSPS) is 10.9. The Kier molecular flexibility index (Phi) is 5.22. The van der Waals surface area contributed by atoms with Crippen molar-refractivity contribution in [1.29, 1.82) is 0 Å². The van der Waals surface area contributed by atoms with E-state index in [1.807, 2.05) is 11.8 Å². The fraction of sp³-hybridized carbons (Fsp3) is 0.500. The van der Waals surface area contributed by atoms with Crippen LogP contribution in [0.2, 0.25) is 5.02 Å². The Labute approximate surface area is 100 Å². The van der Waals surface area contributed by atoms with Gasteiger partial charge in [-0.2, -0.15) is 11.8 Å². The van der Waals surface area contributed by atoms with Gasteiger partial charge in [-0.25, -0.2) is 4.98 Å². The average molecular weight is 246 g/mol. The van der Waals surface area contributed by atoms with Crippen LogP contribution in [0, 0.1) is 0 Å². The molecule has 0 unspecified atom stereocenters. The molecule has 84 valence electrons. The summed E-state index contributed by atoms with van der Waals surface area (Å²) in [7, 11) is 4.12. The smallest absolute Gasteiger partial charge is 0.123 e. The molecule has 0 aliphatic carbocycles. The van der Waals surface area contributed by atoms with Crippen molar-refractivity contribution in [2.45, 2.75) is 5.75 Å². The van der Waals surface area contributed by atoms with Gasteiger partial charge in [0.05, 0.1) is 10.7 Å². The monoisotopic (exact) mass is 245 g/mol. The average Bonchev–Trinajstić information content (AvgIpc) is 2.17.